The number of aromatic nitrogens is 2. The van der Waals surface area contributed by atoms with Gasteiger partial charge in [-0.15, -0.1) is 0 Å². The van der Waals surface area contributed by atoms with Crippen LogP contribution in [0.4, 0.5) is 0 Å². The van der Waals surface area contributed by atoms with Crippen molar-refractivity contribution in [1.82, 2.24) is 10.1 Å². The van der Waals surface area contributed by atoms with E-state index in [9.17, 15) is 0 Å². The number of hydrogen-bond acceptors (Lipinski definition) is 5. The van der Waals surface area contributed by atoms with E-state index in [1.54, 1.807) is 0 Å². The number of rotatable bonds is 3. The topological polar surface area (TPSA) is 75.8 Å². The first-order valence-electron chi connectivity index (χ1n) is 5.97. The molecule has 0 aliphatic carbocycles. The molecule has 19 heavy (non-hydrogen) atoms. The minimum atomic E-state index is -0.149. The average molecular weight is 253 g/mol. The summed E-state index contributed by atoms with van der Waals surface area (Å²) in [7, 11) is 0. The first-order chi connectivity index (χ1) is 9.26. The number of nitriles is 1. The highest BCUT2D eigenvalue weighted by molar-refractivity contribution is 5.81. The van der Waals surface area contributed by atoms with E-state index in [-0.39, 0.29) is 5.92 Å². The maximum Gasteiger partial charge on any atom is 0.238 e. The van der Waals surface area contributed by atoms with Crippen LogP contribution >= 0.6 is 0 Å². The van der Waals surface area contributed by atoms with Crippen molar-refractivity contribution in [2.75, 3.05) is 0 Å². The van der Waals surface area contributed by atoms with Gasteiger partial charge in [0.25, 0.3) is 0 Å². The predicted octanol–water partition coefficient (Wildman–Crippen LogP) is 3.18. The Morgan fingerprint density at radius 2 is 2.21 bits per heavy atom. The molecule has 2 aromatic heterocycles. The highest BCUT2D eigenvalue weighted by Gasteiger charge is 2.14. The summed E-state index contributed by atoms with van der Waals surface area (Å²) in [6.45, 7) is 1.81. The lowest BCUT2D eigenvalue weighted by Gasteiger charge is -1.93. The summed E-state index contributed by atoms with van der Waals surface area (Å²) in [6.07, 6.45) is 0.448. The molecule has 0 fully saturated rings. The summed E-state index contributed by atoms with van der Waals surface area (Å²) in [5, 5.41) is 13.6. The van der Waals surface area contributed by atoms with E-state index < -0.39 is 0 Å². The smallest absolute Gasteiger partial charge is 0.238 e. The Bertz CT molecular complexity index is 718. The van der Waals surface area contributed by atoms with E-state index >= 15 is 0 Å². The molecule has 1 unspecified atom stereocenters. The van der Waals surface area contributed by atoms with Gasteiger partial charge in [-0.2, -0.15) is 10.2 Å². The quantitative estimate of drug-likeness (QED) is 0.716. The first kappa shape index (κ1) is 11.5. The van der Waals surface area contributed by atoms with Gasteiger partial charge >= 0.3 is 0 Å². The van der Waals surface area contributed by atoms with Crippen LogP contribution in [0.25, 0.3) is 22.6 Å². The molecule has 3 aromatic rings. The summed E-state index contributed by atoms with van der Waals surface area (Å²) in [5.41, 5.74) is 0.786. The summed E-state index contributed by atoms with van der Waals surface area (Å²) < 4.78 is 10.8. The van der Waals surface area contributed by atoms with Gasteiger partial charge in [0, 0.05) is 11.8 Å². The van der Waals surface area contributed by atoms with Gasteiger partial charge < -0.3 is 8.94 Å². The fourth-order valence-electron chi connectivity index (χ4n) is 1.84. The van der Waals surface area contributed by atoms with Gasteiger partial charge in [0.2, 0.25) is 11.7 Å². The van der Waals surface area contributed by atoms with Crippen LogP contribution in [0, 0.1) is 17.2 Å². The van der Waals surface area contributed by atoms with Crippen LogP contribution < -0.4 is 0 Å². The molecular weight excluding hydrogens is 242 g/mol. The van der Waals surface area contributed by atoms with Crippen molar-refractivity contribution in [2.45, 2.75) is 13.3 Å². The summed E-state index contributed by atoms with van der Waals surface area (Å²) in [4.78, 5) is 4.24. The Morgan fingerprint density at radius 1 is 1.37 bits per heavy atom. The SMILES string of the molecule is CC(C#N)Cc1nc(-c2cc3ccccc3o2)no1. The number of benzene rings is 1. The lowest BCUT2D eigenvalue weighted by atomic mass is 10.1. The van der Waals surface area contributed by atoms with Crippen LogP contribution in [0.2, 0.25) is 0 Å². The molecule has 0 radical (unpaired) electrons. The second-order valence-electron chi connectivity index (χ2n) is 4.39. The molecule has 0 aliphatic heterocycles. The minimum Gasteiger partial charge on any atom is -0.453 e. The molecule has 0 bridgehead atoms. The van der Waals surface area contributed by atoms with E-state index in [1.807, 2.05) is 37.3 Å². The second kappa shape index (κ2) is 4.58. The van der Waals surface area contributed by atoms with Crippen LogP contribution in [0.1, 0.15) is 12.8 Å². The van der Waals surface area contributed by atoms with E-state index in [2.05, 4.69) is 16.2 Å². The zero-order chi connectivity index (χ0) is 13.2. The van der Waals surface area contributed by atoms with Crippen molar-refractivity contribution < 1.29 is 8.94 Å². The lowest BCUT2D eigenvalue weighted by molar-refractivity contribution is 0.369. The molecule has 0 amide bonds. The molecular formula is C14H11N3O2. The molecule has 2 heterocycles. The number of para-hydroxylation sites is 1. The molecule has 0 saturated carbocycles. The first-order valence-corrected chi connectivity index (χ1v) is 5.97. The Balaban J connectivity index is 1.92. The van der Waals surface area contributed by atoms with Gasteiger partial charge in [-0.3, -0.25) is 0 Å². The molecule has 3 rings (SSSR count). The van der Waals surface area contributed by atoms with E-state index in [4.69, 9.17) is 14.2 Å². The van der Waals surface area contributed by atoms with Gasteiger partial charge in [-0.25, -0.2) is 0 Å². The fraction of sp³-hybridized carbons (Fsp3) is 0.214. The molecule has 94 valence electrons. The second-order valence-corrected chi connectivity index (χ2v) is 4.39. The zero-order valence-corrected chi connectivity index (χ0v) is 10.3. The molecule has 1 aromatic carbocycles. The Kier molecular flexibility index (Phi) is 2.76. The van der Waals surface area contributed by atoms with E-state index in [0.29, 0.717) is 23.9 Å². The largest absolute Gasteiger partial charge is 0.453 e. The van der Waals surface area contributed by atoms with Crippen LogP contribution in [-0.2, 0) is 6.42 Å². The van der Waals surface area contributed by atoms with Gasteiger partial charge in [-0.1, -0.05) is 23.4 Å². The number of fused-ring (bicyclic) bond motifs is 1. The molecule has 0 aliphatic rings. The molecule has 5 heteroatoms. The average Bonchev–Trinajstić information content (AvgIpc) is 3.04. The fourth-order valence-corrected chi connectivity index (χ4v) is 1.84. The molecule has 0 saturated heterocycles. The standard InChI is InChI=1S/C14H11N3O2/c1-9(8-15)6-13-16-14(17-19-13)12-7-10-4-2-3-5-11(10)18-12/h2-5,7,9H,6H2,1H3. The van der Waals surface area contributed by atoms with Crippen molar-refractivity contribution in [3.8, 4) is 17.7 Å². The third-order valence-corrected chi connectivity index (χ3v) is 2.82. The third kappa shape index (κ3) is 2.20. The Morgan fingerprint density at radius 3 is 3.00 bits per heavy atom. The summed E-state index contributed by atoms with van der Waals surface area (Å²) in [5.74, 6) is 1.28. The van der Waals surface area contributed by atoms with Crippen LogP contribution in [0.5, 0.6) is 0 Å². The normalized spacial score (nSPS) is 12.4. The predicted molar refractivity (Wildman–Crippen MR) is 68.0 cm³/mol. The van der Waals surface area contributed by atoms with Crippen LogP contribution in [0.15, 0.2) is 39.3 Å². The molecule has 5 nitrogen and oxygen atoms in total. The van der Waals surface area contributed by atoms with Gasteiger partial charge in [0.05, 0.1) is 12.0 Å². The number of hydrogen-bond donors (Lipinski definition) is 0. The van der Waals surface area contributed by atoms with Gasteiger partial charge in [-0.05, 0) is 19.1 Å². The van der Waals surface area contributed by atoms with Gasteiger partial charge in [0.15, 0.2) is 5.76 Å². The summed E-state index contributed by atoms with van der Waals surface area (Å²) in [6, 6.07) is 11.7. The van der Waals surface area contributed by atoms with Crippen LogP contribution in [0.3, 0.4) is 0 Å². The lowest BCUT2D eigenvalue weighted by Crippen LogP contribution is -1.95. The summed E-state index contributed by atoms with van der Waals surface area (Å²) >= 11 is 0. The van der Waals surface area contributed by atoms with Crippen molar-refractivity contribution in [3.05, 3.63) is 36.2 Å². The maximum absolute atomic E-state index is 8.76. The molecule has 0 spiro atoms. The van der Waals surface area contributed by atoms with E-state index in [0.717, 1.165) is 11.0 Å². The number of nitrogens with zero attached hydrogens (tertiary/aromatic N) is 3. The monoisotopic (exact) mass is 253 g/mol. The Labute approximate surface area is 109 Å². The van der Waals surface area contributed by atoms with Gasteiger partial charge in [0.1, 0.15) is 5.58 Å². The Hall–Kier alpha value is -2.61. The number of furan rings is 1. The van der Waals surface area contributed by atoms with Crippen molar-refractivity contribution >= 4 is 11.0 Å². The van der Waals surface area contributed by atoms with E-state index in [1.165, 1.54) is 0 Å². The third-order valence-electron chi connectivity index (χ3n) is 2.82. The molecule has 1 atom stereocenters. The van der Waals surface area contributed by atoms with Crippen molar-refractivity contribution in [2.24, 2.45) is 5.92 Å². The van der Waals surface area contributed by atoms with Crippen LogP contribution in [-0.4, -0.2) is 10.1 Å². The highest BCUT2D eigenvalue weighted by atomic mass is 16.5. The van der Waals surface area contributed by atoms with Crippen molar-refractivity contribution in [1.29, 1.82) is 5.26 Å². The minimum absolute atomic E-state index is 0.149. The highest BCUT2D eigenvalue weighted by Crippen LogP contribution is 2.25. The maximum atomic E-state index is 8.76. The van der Waals surface area contributed by atoms with Crippen molar-refractivity contribution in [3.63, 3.8) is 0 Å². The zero-order valence-electron chi connectivity index (χ0n) is 10.3. The molecule has 0 N–H and O–H groups in total.